The fourth-order valence-corrected chi connectivity index (χ4v) is 2.72. The molecule has 0 amide bonds. The van der Waals surface area contributed by atoms with E-state index in [2.05, 4.69) is 45.3 Å². The van der Waals surface area contributed by atoms with Crippen molar-refractivity contribution in [2.24, 2.45) is 0 Å². The maximum Gasteiger partial charge on any atom is 0.134 e. The van der Waals surface area contributed by atoms with E-state index in [0.29, 0.717) is 6.61 Å². The fraction of sp³-hybridized carbons (Fsp3) is 0.471. The van der Waals surface area contributed by atoms with Crippen LogP contribution in [0.2, 0.25) is 0 Å². The van der Waals surface area contributed by atoms with Gasteiger partial charge in [0.25, 0.3) is 0 Å². The van der Waals surface area contributed by atoms with Crippen LogP contribution in [-0.4, -0.2) is 49.4 Å². The van der Waals surface area contributed by atoms with Crippen LogP contribution in [0.15, 0.2) is 40.9 Å². The van der Waals surface area contributed by atoms with E-state index in [9.17, 15) is 0 Å². The summed E-state index contributed by atoms with van der Waals surface area (Å²) < 4.78 is 10.7. The number of rotatable bonds is 6. The number of nitrogens with zero attached hydrogens (tertiary/aromatic N) is 3. The van der Waals surface area contributed by atoms with Crippen LogP contribution in [0.4, 0.5) is 5.69 Å². The second-order valence-electron chi connectivity index (χ2n) is 5.65. The fourth-order valence-electron chi connectivity index (χ4n) is 2.72. The minimum Gasteiger partial charge on any atom is -0.374 e. The highest BCUT2D eigenvalue weighted by Gasteiger charge is 2.16. The molecule has 0 aliphatic carbocycles. The number of aryl methyl sites for hydroxylation is 1. The van der Waals surface area contributed by atoms with Crippen molar-refractivity contribution in [3.05, 3.63) is 47.9 Å². The van der Waals surface area contributed by atoms with Crippen molar-refractivity contribution in [2.75, 3.05) is 44.2 Å². The summed E-state index contributed by atoms with van der Waals surface area (Å²) in [7, 11) is 0. The molecule has 1 fully saturated rings. The summed E-state index contributed by atoms with van der Waals surface area (Å²) >= 11 is 0. The predicted molar refractivity (Wildman–Crippen MR) is 86.0 cm³/mol. The average molecular weight is 301 g/mol. The topological polar surface area (TPSA) is 41.7 Å². The predicted octanol–water partition coefficient (Wildman–Crippen LogP) is 2.32. The Morgan fingerprint density at radius 2 is 1.91 bits per heavy atom. The molecule has 0 spiro atoms. The lowest BCUT2D eigenvalue weighted by Crippen LogP contribution is -2.47. The van der Waals surface area contributed by atoms with Gasteiger partial charge in [0.15, 0.2) is 0 Å². The Kier molecular flexibility index (Phi) is 5.08. The molecule has 0 atom stereocenters. The van der Waals surface area contributed by atoms with Crippen molar-refractivity contribution in [1.82, 2.24) is 10.1 Å². The molecule has 5 heteroatoms. The van der Waals surface area contributed by atoms with Crippen LogP contribution < -0.4 is 4.90 Å². The molecule has 0 unspecified atom stereocenters. The van der Waals surface area contributed by atoms with Crippen LogP contribution in [0.3, 0.4) is 0 Å². The van der Waals surface area contributed by atoms with Crippen LogP contribution in [0.1, 0.15) is 11.5 Å². The minimum absolute atomic E-state index is 0.529. The zero-order valence-electron chi connectivity index (χ0n) is 13.1. The van der Waals surface area contributed by atoms with Gasteiger partial charge in [0.05, 0.1) is 13.2 Å². The molecular weight excluding hydrogens is 278 g/mol. The third-order valence-corrected chi connectivity index (χ3v) is 3.97. The molecule has 2 heterocycles. The molecule has 3 rings (SSSR count). The molecule has 0 N–H and O–H groups in total. The molecule has 0 bridgehead atoms. The normalized spacial score (nSPS) is 16.1. The molecule has 1 saturated heterocycles. The van der Waals surface area contributed by atoms with E-state index in [1.54, 1.807) is 0 Å². The Labute approximate surface area is 131 Å². The summed E-state index contributed by atoms with van der Waals surface area (Å²) in [6, 6.07) is 12.5. The van der Waals surface area contributed by atoms with Crippen molar-refractivity contribution in [2.45, 2.75) is 13.5 Å². The van der Waals surface area contributed by atoms with E-state index in [1.165, 1.54) is 5.69 Å². The first kappa shape index (κ1) is 15.1. The quantitative estimate of drug-likeness (QED) is 0.766. The summed E-state index contributed by atoms with van der Waals surface area (Å²) in [6.07, 6.45) is 0. The SMILES string of the molecule is Cc1cc(COCCN2CCN(c3ccccc3)CC2)no1. The Hall–Kier alpha value is -1.85. The van der Waals surface area contributed by atoms with Gasteiger partial charge in [-0.1, -0.05) is 23.4 Å². The zero-order chi connectivity index (χ0) is 15.2. The number of para-hydroxylation sites is 1. The number of ether oxygens (including phenoxy) is 1. The Bertz CT molecular complexity index is 562. The number of piperazine rings is 1. The number of hydrogen-bond donors (Lipinski definition) is 0. The van der Waals surface area contributed by atoms with Gasteiger partial charge in [-0.25, -0.2) is 0 Å². The molecule has 1 aromatic heterocycles. The lowest BCUT2D eigenvalue weighted by molar-refractivity contribution is 0.0871. The number of anilines is 1. The molecule has 118 valence electrons. The van der Waals surface area contributed by atoms with E-state index in [1.807, 2.05) is 13.0 Å². The van der Waals surface area contributed by atoms with E-state index in [0.717, 1.165) is 50.8 Å². The summed E-state index contributed by atoms with van der Waals surface area (Å²) in [5, 5.41) is 3.92. The molecule has 5 nitrogen and oxygen atoms in total. The molecular formula is C17H23N3O2. The Morgan fingerprint density at radius 1 is 1.14 bits per heavy atom. The van der Waals surface area contributed by atoms with E-state index < -0.39 is 0 Å². The number of benzene rings is 1. The van der Waals surface area contributed by atoms with Gasteiger partial charge in [0.1, 0.15) is 11.5 Å². The number of aromatic nitrogens is 1. The Balaban J connectivity index is 1.34. The maximum atomic E-state index is 5.67. The van der Waals surface area contributed by atoms with E-state index >= 15 is 0 Å². The highest BCUT2D eigenvalue weighted by atomic mass is 16.5. The molecule has 1 aromatic carbocycles. The maximum absolute atomic E-state index is 5.67. The van der Waals surface area contributed by atoms with Crippen molar-refractivity contribution >= 4 is 5.69 Å². The molecule has 0 radical (unpaired) electrons. The van der Waals surface area contributed by atoms with Crippen molar-refractivity contribution in [1.29, 1.82) is 0 Å². The van der Waals surface area contributed by atoms with Crippen molar-refractivity contribution < 1.29 is 9.26 Å². The van der Waals surface area contributed by atoms with Crippen molar-refractivity contribution in [3.8, 4) is 0 Å². The van der Waals surface area contributed by atoms with Gasteiger partial charge in [0, 0.05) is 44.5 Å². The monoisotopic (exact) mass is 301 g/mol. The smallest absolute Gasteiger partial charge is 0.134 e. The molecule has 1 aliphatic heterocycles. The van der Waals surface area contributed by atoms with Crippen LogP contribution in [0.5, 0.6) is 0 Å². The third-order valence-electron chi connectivity index (χ3n) is 3.97. The summed E-state index contributed by atoms with van der Waals surface area (Å²) in [6.45, 7) is 8.45. The highest BCUT2D eigenvalue weighted by Crippen LogP contribution is 2.15. The summed E-state index contributed by atoms with van der Waals surface area (Å²) in [5.41, 5.74) is 2.19. The van der Waals surface area contributed by atoms with Gasteiger partial charge in [-0.3, -0.25) is 4.90 Å². The molecule has 2 aromatic rings. The first-order chi connectivity index (χ1) is 10.8. The Morgan fingerprint density at radius 3 is 2.59 bits per heavy atom. The average Bonchev–Trinajstić information content (AvgIpc) is 2.98. The van der Waals surface area contributed by atoms with Crippen LogP contribution in [0, 0.1) is 6.92 Å². The van der Waals surface area contributed by atoms with Crippen LogP contribution in [-0.2, 0) is 11.3 Å². The lowest BCUT2D eigenvalue weighted by atomic mass is 10.2. The lowest BCUT2D eigenvalue weighted by Gasteiger charge is -2.36. The molecule has 22 heavy (non-hydrogen) atoms. The zero-order valence-corrected chi connectivity index (χ0v) is 13.1. The molecule has 1 aliphatic rings. The molecule has 0 saturated carbocycles. The first-order valence-corrected chi connectivity index (χ1v) is 7.83. The van der Waals surface area contributed by atoms with Crippen molar-refractivity contribution in [3.63, 3.8) is 0 Å². The highest BCUT2D eigenvalue weighted by molar-refractivity contribution is 5.46. The van der Waals surface area contributed by atoms with Crippen LogP contribution >= 0.6 is 0 Å². The second-order valence-corrected chi connectivity index (χ2v) is 5.65. The van der Waals surface area contributed by atoms with E-state index in [-0.39, 0.29) is 0 Å². The second kappa shape index (κ2) is 7.42. The largest absolute Gasteiger partial charge is 0.374 e. The first-order valence-electron chi connectivity index (χ1n) is 7.83. The number of hydrogen-bond acceptors (Lipinski definition) is 5. The minimum atomic E-state index is 0.529. The summed E-state index contributed by atoms with van der Waals surface area (Å²) in [4.78, 5) is 4.89. The third kappa shape index (κ3) is 4.08. The standard InChI is InChI=1S/C17H23N3O2/c1-15-13-16(18-22-15)14-21-12-11-19-7-9-20(10-8-19)17-5-3-2-4-6-17/h2-6,13H,7-12,14H2,1H3. The van der Waals surface area contributed by atoms with E-state index in [4.69, 9.17) is 9.26 Å². The van der Waals surface area contributed by atoms with Gasteiger partial charge >= 0.3 is 0 Å². The van der Waals surface area contributed by atoms with Gasteiger partial charge in [0.2, 0.25) is 0 Å². The van der Waals surface area contributed by atoms with Crippen LogP contribution in [0.25, 0.3) is 0 Å². The van der Waals surface area contributed by atoms with Gasteiger partial charge in [-0.2, -0.15) is 0 Å². The van der Waals surface area contributed by atoms with Gasteiger partial charge in [-0.15, -0.1) is 0 Å². The summed E-state index contributed by atoms with van der Waals surface area (Å²) in [5.74, 6) is 0.829. The van der Waals surface area contributed by atoms with Gasteiger partial charge < -0.3 is 14.2 Å². The van der Waals surface area contributed by atoms with Gasteiger partial charge in [-0.05, 0) is 19.1 Å².